The summed E-state index contributed by atoms with van der Waals surface area (Å²) in [5, 5.41) is 11.2. The van der Waals surface area contributed by atoms with Crippen LogP contribution in [0.4, 0.5) is 0 Å². The van der Waals surface area contributed by atoms with Gasteiger partial charge >= 0.3 is 0 Å². The standard InChI is InChI=1S/C15H28N2O/c1-2-12-5-6-14(9-12,10-16)15(18)7-8-17(11-15)13-3-4-13/h12-13,18H,2-11,16H2,1H3. The Morgan fingerprint density at radius 3 is 2.61 bits per heavy atom. The Labute approximate surface area is 111 Å². The lowest BCUT2D eigenvalue weighted by atomic mass is 9.69. The van der Waals surface area contributed by atoms with Crippen molar-refractivity contribution in [2.75, 3.05) is 19.6 Å². The average Bonchev–Trinajstić information content (AvgIpc) is 3.00. The Balaban J connectivity index is 1.74. The number of β-amino-alcohol motifs (C(OH)–C–C–N with tert-alkyl or cyclic N) is 1. The number of nitrogens with two attached hydrogens (primary N) is 1. The minimum absolute atomic E-state index is 0.0112. The highest BCUT2D eigenvalue weighted by Gasteiger charge is 2.56. The van der Waals surface area contributed by atoms with Gasteiger partial charge in [-0.3, -0.25) is 4.90 Å². The summed E-state index contributed by atoms with van der Waals surface area (Å²) in [4.78, 5) is 2.51. The van der Waals surface area contributed by atoms with Crippen molar-refractivity contribution in [1.82, 2.24) is 4.90 Å². The molecular weight excluding hydrogens is 224 g/mol. The summed E-state index contributed by atoms with van der Waals surface area (Å²) in [6.45, 7) is 4.90. The summed E-state index contributed by atoms with van der Waals surface area (Å²) in [7, 11) is 0. The van der Waals surface area contributed by atoms with Crippen LogP contribution in [-0.2, 0) is 0 Å². The summed E-state index contributed by atoms with van der Waals surface area (Å²) in [5.74, 6) is 0.785. The number of aliphatic hydroxyl groups is 1. The van der Waals surface area contributed by atoms with Crippen molar-refractivity contribution >= 4 is 0 Å². The Hall–Kier alpha value is -0.120. The maximum Gasteiger partial charge on any atom is 0.0854 e. The first kappa shape index (κ1) is 12.9. The van der Waals surface area contributed by atoms with Crippen LogP contribution in [-0.4, -0.2) is 41.3 Å². The monoisotopic (exact) mass is 252 g/mol. The molecule has 3 fully saturated rings. The summed E-state index contributed by atoms with van der Waals surface area (Å²) >= 11 is 0. The molecule has 1 aliphatic heterocycles. The predicted molar refractivity (Wildman–Crippen MR) is 73.3 cm³/mol. The molecule has 1 saturated heterocycles. The molecule has 0 radical (unpaired) electrons. The van der Waals surface area contributed by atoms with E-state index in [1.807, 2.05) is 0 Å². The summed E-state index contributed by atoms with van der Waals surface area (Å²) in [6, 6.07) is 0.775. The molecule has 3 N–H and O–H groups in total. The van der Waals surface area contributed by atoms with E-state index < -0.39 is 5.60 Å². The third kappa shape index (κ3) is 1.91. The minimum Gasteiger partial charge on any atom is -0.388 e. The second-order valence-electron chi connectivity index (χ2n) is 6.98. The van der Waals surface area contributed by atoms with Gasteiger partial charge in [-0.2, -0.15) is 0 Å². The first-order valence-electron chi connectivity index (χ1n) is 7.79. The van der Waals surface area contributed by atoms with Crippen LogP contribution < -0.4 is 5.73 Å². The van der Waals surface area contributed by atoms with Crippen LogP contribution in [0.25, 0.3) is 0 Å². The smallest absolute Gasteiger partial charge is 0.0854 e. The van der Waals surface area contributed by atoms with E-state index in [1.54, 1.807) is 0 Å². The summed E-state index contributed by atoms with van der Waals surface area (Å²) in [5.41, 5.74) is 5.61. The summed E-state index contributed by atoms with van der Waals surface area (Å²) < 4.78 is 0. The lowest BCUT2D eigenvalue weighted by molar-refractivity contribution is -0.0711. The third-order valence-corrected chi connectivity index (χ3v) is 6.01. The second-order valence-corrected chi connectivity index (χ2v) is 6.98. The number of likely N-dealkylation sites (tertiary alicyclic amines) is 1. The molecule has 3 unspecified atom stereocenters. The number of rotatable bonds is 4. The fraction of sp³-hybridized carbons (Fsp3) is 1.00. The molecule has 3 rings (SSSR count). The second kappa shape index (κ2) is 4.46. The number of hydrogen-bond acceptors (Lipinski definition) is 3. The van der Waals surface area contributed by atoms with Gasteiger partial charge in [-0.1, -0.05) is 13.3 Å². The minimum atomic E-state index is -0.506. The Morgan fingerprint density at radius 2 is 2.06 bits per heavy atom. The van der Waals surface area contributed by atoms with Gasteiger partial charge in [0.05, 0.1) is 5.60 Å². The van der Waals surface area contributed by atoms with Gasteiger partial charge in [-0.15, -0.1) is 0 Å². The first-order valence-corrected chi connectivity index (χ1v) is 7.79. The zero-order valence-corrected chi connectivity index (χ0v) is 11.7. The highest BCUT2D eigenvalue weighted by atomic mass is 16.3. The van der Waals surface area contributed by atoms with Gasteiger partial charge in [-0.25, -0.2) is 0 Å². The Kier molecular flexibility index (Phi) is 3.20. The molecule has 0 bridgehead atoms. The van der Waals surface area contributed by atoms with Gasteiger partial charge in [0.2, 0.25) is 0 Å². The van der Waals surface area contributed by atoms with E-state index in [4.69, 9.17) is 5.73 Å². The maximum absolute atomic E-state index is 11.2. The van der Waals surface area contributed by atoms with E-state index in [0.29, 0.717) is 6.54 Å². The topological polar surface area (TPSA) is 49.5 Å². The quantitative estimate of drug-likeness (QED) is 0.801. The molecule has 1 heterocycles. The highest BCUT2D eigenvalue weighted by Crippen LogP contribution is 2.53. The molecule has 0 amide bonds. The molecule has 3 nitrogen and oxygen atoms in total. The van der Waals surface area contributed by atoms with Gasteiger partial charge in [-0.05, 0) is 44.4 Å². The third-order valence-electron chi connectivity index (χ3n) is 6.01. The van der Waals surface area contributed by atoms with E-state index in [1.165, 1.54) is 25.7 Å². The molecule has 0 aromatic carbocycles. The maximum atomic E-state index is 11.2. The van der Waals surface area contributed by atoms with Crippen LogP contribution in [0.5, 0.6) is 0 Å². The van der Waals surface area contributed by atoms with Crippen LogP contribution in [0.3, 0.4) is 0 Å². The van der Waals surface area contributed by atoms with Gasteiger partial charge in [0.15, 0.2) is 0 Å². The normalized spacial score (nSPS) is 45.8. The molecule has 2 saturated carbocycles. The van der Waals surface area contributed by atoms with Crippen LogP contribution in [0.1, 0.15) is 51.9 Å². The van der Waals surface area contributed by atoms with Gasteiger partial charge in [0, 0.05) is 31.1 Å². The number of nitrogens with zero attached hydrogens (tertiary/aromatic N) is 1. The largest absolute Gasteiger partial charge is 0.388 e. The van der Waals surface area contributed by atoms with Crippen LogP contribution in [0.2, 0.25) is 0 Å². The van der Waals surface area contributed by atoms with Gasteiger partial charge in [0.25, 0.3) is 0 Å². The van der Waals surface area contributed by atoms with Crippen LogP contribution >= 0.6 is 0 Å². The molecule has 18 heavy (non-hydrogen) atoms. The van der Waals surface area contributed by atoms with Crippen molar-refractivity contribution in [2.45, 2.75) is 63.5 Å². The van der Waals surface area contributed by atoms with Crippen molar-refractivity contribution in [3.63, 3.8) is 0 Å². The van der Waals surface area contributed by atoms with E-state index in [9.17, 15) is 5.11 Å². The lowest BCUT2D eigenvalue weighted by Gasteiger charge is -2.42. The fourth-order valence-electron chi connectivity index (χ4n) is 4.39. The van der Waals surface area contributed by atoms with E-state index in [0.717, 1.165) is 44.3 Å². The number of hydrogen-bond donors (Lipinski definition) is 2. The fourth-order valence-corrected chi connectivity index (χ4v) is 4.39. The lowest BCUT2D eigenvalue weighted by Crippen LogP contribution is -2.53. The molecule has 2 aliphatic carbocycles. The molecule has 3 aliphatic rings. The molecule has 0 spiro atoms. The highest BCUT2D eigenvalue weighted by molar-refractivity contribution is 5.09. The molecule has 3 atom stereocenters. The van der Waals surface area contributed by atoms with Crippen LogP contribution in [0, 0.1) is 11.3 Å². The molecule has 0 aromatic heterocycles. The SMILES string of the molecule is CCC1CCC(CN)(C2(O)CCN(C3CC3)C2)C1. The Bertz CT molecular complexity index is 318. The van der Waals surface area contributed by atoms with Crippen molar-refractivity contribution < 1.29 is 5.11 Å². The molecule has 0 aromatic rings. The zero-order valence-electron chi connectivity index (χ0n) is 11.7. The zero-order chi connectivity index (χ0) is 12.8. The molecule has 3 heteroatoms. The van der Waals surface area contributed by atoms with E-state index in [-0.39, 0.29) is 5.41 Å². The van der Waals surface area contributed by atoms with Crippen molar-refractivity contribution in [1.29, 1.82) is 0 Å². The van der Waals surface area contributed by atoms with Gasteiger partial charge < -0.3 is 10.8 Å². The Morgan fingerprint density at radius 1 is 1.28 bits per heavy atom. The van der Waals surface area contributed by atoms with Crippen molar-refractivity contribution in [3.8, 4) is 0 Å². The van der Waals surface area contributed by atoms with Crippen molar-refractivity contribution in [2.24, 2.45) is 17.1 Å². The molecule has 104 valence electrons. The first-order chi connectivity index (χ1) is 8.62. The molecular formula is C15H28N2O. The predicted octanol–water partition coefficient (Wildman–Crippen LogP) is 1.74. The van der Waals surface area contributed by atoms with E-state index >= 15 is 0 Å². The average molecular weight is 252 g/mol. The summed E-state index contributed by atoms with van der Waals surface area (Å²) in [6.07, 6.45) is 8.40. The van der Waals surface area contributed by atoms with Crippen LogP contribution in [0.15, 0.2) is 0 Å². The van der Waals surface area contributed by atoms with E-state index in [2.05, 4.69) is 11.8 Å². The van der Waals surface area contributed by atoms with Gasteiger partial charge in [0.1, 0.15) is 0 Å². The van der Waals surface area contributed by atoms with Crippen molar-refractivity contribution in [3.05, 3.63) is 0 Å².